The number of hydrogen-bond acceptors (Lipinski definition) is 3. The first kappa shape index (κ1) is 19.7. The van der Waals surface area contributed by atoms with Gasteiger partial charge in [-0.05, 0) is 31.1 Å². The van der Waals surface area contributed by atoms with Gasteiger partial charge in [0.25, 0.3) is 0 Å². The van der Waals surface area contributed by atoms with Crippen molar-refractivity contribution < 1.29 is 9.53 Å². The number of halogens is 4. The first-order valence-corrected chi connectivity index (χ1v) is 7.88. The van der Waals surface area contributed by atoms with E-state index < -0.39 is 0 Å². The summed E-state index contributed by atoms with van der Waals surface area (Å²) in [6, 6.07) is 3.13. The van der Waals surface area contributed by atoms with Crippen LogP contribution in [0.5, 0.6) is 5.75 Å². The maximum absolute atomic E-state index is 11.9. The highest BCUT2D eigenvalue weighted by atomic mass is 35.5. The van der Waals surface area contributed by atoms with Gasteiger partial charge in [-0.15, -0.1) is 12.4 Å². The van der Waals surface area contributed by atoms with Crippen molar-refractivity contribution in [1.82, 2.24) is 10.6 Å². The van der Waals surface area contributed by atoms with Gasteiger partial charge in [0.05, 0.1) is 16.6 Å². The van der Waals surface area contributed by atoms with Crippen LogP contribution in [-0.4, -0.2) is 32.1 Å². The summed E-state index contributed by atoms with van der Waals surface area (Å²) in [6.07, 6.45) is 0. The fraction of sp³-hybridized carbons (Fsp3) is 0.500. The number of ether oxygens (including phenoxy) is 1. The van der Waals surface area contributed by atoms with Crippen LogP contribution in [0, 0.1) is 11.8 Å². The van der Waals surface area contributed by atoms with Gasteiger partial charge < -0.3 is 15.4 Å². The number of benzene rings is 1. The Morgan fingerprint density at radius 2 is 1.95 bits per heavy atom. The van der Waals surface area contributed by atoms with Gasteiger partial charge in [0.15, 0.2) is 5.75 Å². The second-order valence-corrected chi connectivity index (χ2v) is 6.30. The molecule has 1 unspecified atom stereocenters. The number of carbonyl (C=O) groups excluding carboxylic acids is 1. The lowest BCUT2D eigenvalue weighted by atomic mass is 9.88. The van der Waals surface area contributed by atoms with Gasteiger partial charge in [0, 0.05) is 10.9 Å². The van der Waals surface area contributed by atoms with Crippen LogP contribution in [0.25, 0.3) is 0 Å². The lowest BCUT2D eigenvalue weighted by molar-refractivity contribution is -0.126. The molecule has 124 valence electrons. The van der Waals surface area contributed by atoms with E-state index >= 15 is 0 Å². The van der Waals surface area contributed by atoms with Gasteiger partial charge in [0.1, 0.15) is 6.61 Å². The first-order valence-electron chi connectivity index (χ1n) is 6.75. The molecule has 0 aromatic heterocycles. The highest BCUT2D eigenvalue weighted by Gasteiger charge is 2.28. The second kappa shape index (κ2) is 9.04. The maximum atomic E-state index is 11.9. The molecular formula is C14H18Cl4N2O2. The average Bonchev–Trinajstić information content (AvgIpc) is 2.34. The summed E-state index contributed by atoms with van der Waals surface area (Å²) in [5.74, 6) is 0.853. The normalized spacial score (nSPS) is 15.5. The minimum atomic E-state index is 0. The van der Waals surface area contributed by atoms with Crippen molar-refractivity contribution in [3.05, 3.63) is 27.2 Å². The number of carbonyl (C=O) groups is 1. The molecule has 1 aromatic carbocycles. The molecule has 1 fully saturated rings. The zero-order chi connectivity index (χ0) is 15.4. The van der Waals surface area contributed by atoms with Gasteiger partial charge >= 0.3 is 0 Å². The van der Waals surface area contributed by atoms with Crippen molar-refractivity contribution in [3.63, 3.8) is 0 Å². The van der Waals surface area contributed by atoms with E-state index in [1.54, 1.807) is 12.1 Å². The van der Waals surface area contributed by atoms with Crippen LogP contribution in [-0.2, 0) is 4.79 Å². The molecular weight excluding hydrogens is 370 g/mol. The standard InChI is InChI=1S/C14H17Cl3N2O2.ClH/c1-8(9-6-18-7-9)14(20)19-2-3-21-13-11(16)4-10(15)5-12(13)17;/h4-5,8-9,18H,2-3,6-7H2,1H3,(H,19,20);1H. The molecule has 0 bridgehead atoms. The molecule has 1 amide bonds. The van der Waals surface area contributed by atoms with E-state index in [1.807, 2.05) is 6.92 Å². The molecule has 1 aliphatic rings. The van der Waals surface area contributed by atoms with Crippen LogP contribution < -0.4 is 15.4 Å². The highest BCUT2D eigenvalue weighted by molar-refractivity contribution is 6.40. The van der Waals surface area contributed by atoms with Crippen LogP contribution in [0.3, 0.4) is 0 Å². The van der Waals surface area contributed by atoms with E-state index in [0.717, 1.165) is 13.1 Å². The largest absolute Gasteiger partial charge is 0.489 e. The van der Waals surface area contributed by atoms with Crippen LogP contribution in [0.1, 0.15) is 6.92 Å². The molecule has 1 aromatic rings. The Bertz CT molecular complexity index is 501. The van der Waals surface area contributed by atoms with E-state index in [0.29, 0.717) is 39.9 Å². The summed E-state index contributed by atoms with van der Waals surface area (Å²) in [7, 11) is 0. The second-order valence-electron chi connectivity index (χ2n) is 5.05. The van der Waals surface area contributed by atoms with Crippen molar-refractivity contribution >= 4 is 53.1 Å². The third-order valence-corrected chi connectivity index (χ3v) is 4.32. The Hall–Kier alpha value is -0.390. The topological polar surface area (TPSA) is 50.4 Å². The molecule has 1 atom stereocenters. The monoisotopic (exact) mass is 386 g/mol. The number of hydrogen-bond donors (Lipinski definition) is 2. The number of amides is 1. The van der Waals surface area contributed by atoms with Crippen LogP contribution in [0.4, 0.5) is 0 Å². The molecule has 0 spiro atoms. The molecule has 1 saturated heterocycles. The Balaban J connectivity index is 0.00000242. The quantitative estimate of drug-likeness (QED) is 0.735. The van der Waals surface area contributed by atoms with Gasteiger partial charge in [-0.25, -0.2) is 0 Å². The Morgan fingerprint density at radius 3 is 2.45 bits per heavy atom. The van der Waals surface area contributed by atoms with Crippen molar-refractivity contribution in [2.45, 2.75) is 6.92 Å². The molecule has 0 aliphatic carbocycles. The minimum Gasteiger partial charge on any atom is -0.489 e. The summed E-state index contributed by atoms with van der Waals surface area (Å²) in [4.78, 5) is 11.9. The molecule has 1 aliphatic heterocycles. The molecule has 2 rings (SSSR count). The van der Waals surface area contributed by atoms with Gasteiger partial charge in [-0.1, -0.05) is 41.7 Å². The third kappa shape index (κ3) is 5.07. The van der Waals surface area contributed by atoms with E-state index in [2.05, 4.69) is 10.6 Å². The zero-order valence-electron chi connectivity index (χ0n) is 12.0. The molecule has 2 N–H and O–H groups in total. The van der Waals surface area contributed by atoms with E-state index in [4.69, 9.17) is 39.5 Å². The summed E-state index contributed by atoms with van der Waals surface area (Å²) in [5, 5.41) is 7.17. The Morgan fingerprint density at radius 1 is 1.36 bits per heavy atom. The van der Waals surface area contributed by atoms with Crippen LogP contribution in [0.2, 0.25) is 15.1 Å². The summed E-state index contributed by atoms with van der Waals surface area (Å²) in [5.41, 5.74) is 0. The highest BCUT2D eigenvalue weighted by Crippen LogP contribution is 2.35. The summed E-state index contributed by atoms with van der Waals surface area (Å²) >= 11 is 17.8. The summed E-state index contributed by atoms with van der Waals surface area (Å²) < 4.78 is 5.50. The molecule has 0 radical (unpaired) electrons. The van der Waals surface area contributed by atoms with Crippen molar-refractivity contribution in [2.24, 2.45) is 11.8 Å². The fourth-order valence-corrected chi connectivity index (χ4v) is 2.96. The van der Waals surface area contributed by atoms with Gasteiger partial charge in [-0.3, -0.25) is 4.79 Å². The van der Waals surface area contributed by atoms with Crippen LogP contribution >= 0.6 is 47.2 Å². The van der Waals surface area contributed by atoms with Crippen molar-refractivity contribution in [3.8, 4) is 5.75 Å². The maximum Gasteiger partial charge on any atom is 0.223 e. The molecule has 1 heterocycles. The SMILES string of the molecule is CC(C(=O)NCCOc1c(Cl)cc(Cl)cc1Cl)C1CNC1.Cl. The Labute approximate surface area is 151 Å². The summed E-state index contributed by atoms with van der Waals surface area (Å²) in [6.45, 7) is 4.44. The lowest BCUT2D eigenvalue weighted by Crippen LogP contribution is -2.49. The van der Waals surface area contributed by atoms with Gasteiger partial charge in [0.2, 0.25) is 5.91 Å². The smallest absolute Gasteiger partial charge is 0.223 e. The Kier molecular flexibility index (Phi) is 8.08. The van der Waals surface area contributed by atoms with Crippen molar-refractivity contribution in [2.75, 3.05) is 26.2 Å². The van der Waals surface area contributed by atoms with Crippen LogP contribution in [0.15, 0.2) is 12.1 Å². The fourth-order valence-electron chi connectivity index (χ4n) is 2.03. The van der Waals surface area contributed by atoms with E-state index in [-0.39, 0.29) is 24.2 Å². The average molecular weight is 388 g/mol. The predicted molar refractivity (Wildman–Crippen MR) is 92.7 cm³/mol. The lowest BCUT2D eigenvalue weighted by Gasteiger charge is -2.31. The zero-order valence-corrected chi connectivity index (χ0v) is 15.1. The van der Waals surface area contributed by atoms with E-state index in [1.165, 1.54) is 0 Å². The first-order chi connectivity index (χ1) is 9.99. The minimum absolute atomic E-state index is 0. The van der Waals surface area contributed by atoms with Gasteiger partial charge in [-0.2, -0.15) is 0 Å². The number of nitrogens with one attached hydrogen (secondary N) is 2. The van der Waals surface area contributed by atoms with Crippen molar-refractivity contribution in [1.29, 1.82) is 0 Å². The number of rotatable bonds is 6. The molecule has 22 heavy (non-hydrogen) atoms. The molecule has 0 saturated carbocycles. The molecule has 8 heteroatoms. The van der Waals surface area contributed by atoms with E-state index in [9.17, 15) is 4.79 Å². The molecule has 4 nitrogen and oxygen atoms in total. The third-order valence-electron chi connectivity index (χ3n) is 3.54. The predicted octanol–water partition coefficient (Wildman–Crippen LogP) is 3.42.